The van der Waals surface area contributed by atoms with Crippen LogP contribution in [-0.2, 0) is 0 Å². The molecule has 1 rings (SSSR count). The quantitative estimate of drug-likeness (QED) is 0.478. The molecule has 0 spiro atoms. The third-order valence-corrected chi connectivity index (χ3v) is 2.61. The average molecular weight is 278 g/mol. The van der Waals surface area contributed by atoms with Crippen molar-refractivity contribution in [2.45, 2.75) is 44.2 Å². The molecule has 15 heavy (non-hydrogen) atoms. The van der Waals surface area contributed by atoms with Crippen molar-refractivity contribution in [1.29, 1.82) is 0 Å². The van der Waals surface area contributed by atoms with Crippen LogP contribution < -0.4 is 54.0 Å². The van der Waals surface area contributed by atoms with Gasteiger partial charge in [-0.2, -0.15) is 0 Å². The van der Waals surface area contributed by atoms with Gasteiger partial charge in [0.25, 0.3) is 0 Å². The predicted molar refractivity (Wildman–Crippen MR) is 51.9 cm³/mol. The number of nitrogens with two attached hydrogens (primary N) is 2. The van der Waals surface area contributed by atoms with E-state index in [4.69, 9.17) is 11.5 Å². The Labute approximate surface area is 111 Å². The molecule has 1 aliphatic heterocycles. The number of rotatable bonds is 4. The summed E-state index contributed by atoms with van der Waals surface area (Å²) in [5.74, 6) is 0. The summed E-state index contributed by atoms with van der Waals surface area (Å²) in [5.41, 5.74) is 11.0. The van der Waals surface area contributed by atoms with E-state index in [0.29, 0.717) is 12.1 Å². The highest BCUT2D eigenvalue weighted by Crippen LogP contribution is 2.15. The third kappa shape index (κ3) is 8.55. The van der Waals surface area contributed by atoms with Crippen molar-refractivity contribution < 1.29 is 37.2 Å². The van der Waals surface area contributed by atoms with Gasteiger partial charge in [0.05, 0.1) is 0 Å². The van der Waals surface area contributed by atoms with Crippen LogP contribution >= 0.6 is 0 Å². The molecule has 2 atom stereocenters. The smallest absolute Gasteiger partial charge is 0.00816 e. The Morgan fingerprint density at radius 3 is 1.60 bits per heavy atom. The van der Waals surface area contributed by atoms with Gasteiger partial charge in [0.2, 0.25) is 0 Å². The van der Waals surface area contributed by atoms with Gasteiger partial charge in [-0.25, -0.2) is 0 Å². The first-order valence-corrected chi connectivity index (χ1v) is 5.03. The molecule has 1 heterocycles. The predicted octanol–water partition coefficient (Wildman–Crippen LogP) is -8.79. The topological polar surface area (TPSA) is 64.1 Å². The number of halogens is 3. The zero-order chi connectivity index (χ0) is 8.81. The lowest BCUT2D eigenvalue weighted by atomic mass is 9.95. The molecule has 0 aromatic rings. The Kier molecular flexibility index (Phi) is 18.0. The molecule has 1 fully saturated rings. The van der Waals surface area contributed by atoms with Crippen molar-refractivity contribution in [3.63, 3.8) is 0 Å². The van der Waals surface area contributed by atoms with E-state index in [2.05, 4.69) is 5.32 Å². The second-order valence-electron chi connectivity index (χ2n) is 3.65. The minimum absolute atomic E-state index is 0. The number of hydrogen-bond donors (Lipinski definition) is 3. The molecule has 1 aliphatic rings. The highest BCUT2D eigenvalue weighted by atomic mass is 35.5. The van der Waals surface area contributed by atoms with Gasteiger partial charge in [-0.05, 0) is 38.8 Å². The summed E-state index contributed by atoms with van der Waals surface area (Å²) < 4.78 is 0. The molecular formula is C9H21Cl3N3-3. The Morgan fingerprint density at radius 2 is 1.27 bits per heavy atom. The summed E-state index contributed by atoms with van der Waals surface area (Å²) in [6.45, 7) is 1.60. The molecule has 0 aromatic heterocycles. The van der Waals surface area contributed by atoms with Crippen LogP contribution in [0.3, 0.4) is 0 Å². The van der Waals surface area contributed by atoms with Crippen molar-refractivity contribution in [1.82, 2.24) is 5.32 Å². The second-order valence-corrected chi connectivity index (χ2v) is 3.65. The maximum atomic E-state index is 5.51. The molecule has 0 saturated carbocycles. The van der Waals surface area contributed by atoms with Crippen molar-refractivity contribution >= 4 is 0 Å². The Bertz CT molecular complexity index is 111. The average Bonchev–Trinajstić information content (AvgIpc) is 2.06. The molecule has 0 aromatic carbocycles. The van der Waals surface area contributed by atoms with E-state index in [0.717, 1.165) is 25.9 Å². The fourth-order valence-corrected chi connectivity index (χ4v) is 1.97. The molecule has 96 valence electrons. The molecule has 0 amide bonds. The van der Waals surface area contributed by atoms with Crippen molar-refractivity contribution in [2.75, 3.05) is 13.1 Å². The molecule has 0 aliphatic carbocycles. The number of nitrogens with one attached hydrogen (secondary N) is 1. The Morgan fingerprint density at radius 1 is 0.867 bits per heavy atom. The van der Waals surface area contributed by atoms with Gasteiger partial charge in [-0.3, -0.25) is 0 Å². The highest BCUT2D eigenvalue weighted by Gasteiger charge is 2.18. The lowest BCUT2D eigenvalue weighted by Crippen LogP contribution is -3.00. The van der Waals surface area contributed by atoms with Gasteiger partial charge in [-0.1, -0.05) is 6.42 Å². The van der Waals surface area contributed by atoms with E-state index in [1.165, 1.54) is 19.3 Å². The van der Waals surface area contributed by atoms with Crippen LogP contribution in [0.1, 0.15) is 32.1 Å². The van der Waals surface area contributed by atoms with Crippen LogP contribution in [0.25, 0.3) is 0 Å². The lowest BCUT2D eigenvalue weighted by molar-refractivity contribution is -0.00100. The Hall–Kier alpha value is 0.750. The van der Waals surface area contributed by atoms with Gasteiger partial charge < -0.3 is 54.0 Å². The van der Waals surface area contributed by atoms with Crippen molar-refractivity contribution in [3.05, 3.63) is 0 Å². The SMILES string of the molecule is NCCC1CCCC(CCN)N1.[Cl-].[Cl-].[Cl-]. The van der Waals surface area contributed by atoms with E-state index >= 15 is 0 Å². The van der Waals surface area contributed by atoms with Gasteiger partial charge in [0, 0.05) is 12.1 Å². The standard InChI is InChI=1S/C9H21N3.3ClH/c10-6-4-8-2-1-3-9(12-8)5-7-11;;;/h8-9,12H,1-7,10-11H2;3*1H/p-3. The monoisotopic (exact) mass is 276 g/mol. The summed E-state index contributed by atoms with van der Waals surface area (Å²) in [4.78, 5) is 0. The van der Waals surface area contributed by atoms with E-state index < -0.39 is 0 Å². The van der Waals surface area contributed by atoms with Crippen LogP contribution in [0.4, 0.5) is 0 Å². The molecule has 1 saturated heterocycles. The van der Waals surface area contributed by atoms with Crippen molar-refractivity contribution in [2.24, 2.45) is 11.5 Å². The molecule has 5 N–H and O–H groups in total. The summed E-state index contributed by atoms with van der Waals surface area (Å²) in [5, 5.41) is 3.60. The molecular weight excluding hydrogens is 256 g/mol. The van der Waals surface area contributed by atoms with Crippen LogP contribution in [0.15, 0.2) is 0 Å². The molecule has 2 unspecified atom stereocenters. The van der Waals surface area contributed by atoms with Crippen LogP contribution in [0.2, 0.25) is 0 Å². The Balaban J connectivity index is -0.000000480. The summed E-state index contributed by atoms with van der Waals surface area (Å²) in [6.07, 6.45) is 6.14. The van der Waals surface area contributed by atoms with Gasteiger partial charge in [0.15, 0.2) is 0 Å². The minimum Gasteiger partial charge on any atom is -1.00 e. The maximum absolute atomic E-state index is 5.51. The largest absolute Gasteiger partial charge is 1.00 e. The van der Waals surface area contributed by atoms with Crippen LogP contribution in [0, 0.1) is 0 Å². The zero-order valence-corrected chi connectivity index (χ0v) is 11.2. The summed E-state index contributed by atoms with van der Waals surface area (Å²) in [7, 11) is 0. The highest BCUT2D eigenvalue weighted by molar-refractivity contribution is 4.80. The van der Waals surface area contributed by atoms with E-state index in [1.54, 1.807) is 0 Å². The summed E-state index contributed by atoms with van der Waals surface area (Å²) in [6, 6.07) is 1.31. The van der Waals surface area contributed by atoms with Crippen LogP contribution in [0.5, 0.6) is 0 Å². The third-order valence-electron chi connectivity index (χ3n) is 2.61. The van der Waals surface area contributed by atoms with E-state index in [1.807, 2.05) is 0 Å². The zero-order valence-electron chi connectivity index (χ0n) is 8.89. The normalized spacial score (nSPS) is 24.4. The molecule has 0 radical (unpaired) electrons. The van der Waals surface area contributed by atoms with Gasteiger partial charge in [0.1, 0.15) is 0 Å². The first-order chi connectivity index (χ1) is 5.86. The van der Waals surface area contributed by atoms with E-state index in [9.17, 15) is 0 Å². The molecule has 0 bridgehead atoms. The van der Waals surface area contributed by atoms with Gasteiger partial charge in [-0.15, -0.1) is 0 Å². The fraction of sp³-hybridized carbons (Fsp3) is 1.00. The second kappa shape index (κ2) is 12.8. The lowest BCUT2D eigenvalue weighted by Gasteiger charge is -2.30. The number of piperidine rings is 1. The van der Waals surface area contributed by atoms with E-state index in [-0.39, 0.29) is 37.2 Å². The van der Waals surface area contributed by atoms with Gasteiger partial charge >= 0.3 is 0 Å². The summed E-state index contributed by atoms with van der Waals surface area (Å²) >= 11 is 0. The minimum atomic E-state index is 0. The van der Waals surface area contributed by atoms with Crippen molar-refractivity contribution in [3.8, 4) is 0 Å². The van der Waals surface area contributed by atoms with Crippen LogP contribution in [-0.4, -0.2) is 25.2 Å². The fourth-order valence-electron chi connectivity index (χ4n) is 1.97. The first kappa shape index (κ1) is 21.1. The number of hydrogen-bond acceptors (Lipinski definition) is 3. The maximum Gasteiger partial charge on any atom is 0.00816 e. The molecule has 6 heteroatoms. The molecule has 3 nitrogen and oxygen atoms in total. The first-order valence-electron chi connectivity index (χ1n) is 5.03.